The molecule has 7 nitrogen and oxygen atoms in total. The van der Waals surface area contributed by atoms with E-state index in [0.29, 0.717) is 47.4 Å². The van der Waals surface area contributed by atoms with E-state index >= 15 is 0 Å². The maximum Gasteiger partial charge on any atom is 0.267 e. The Morgan fingerprint density at radius 1 is 1.21 bits per heavy atom. The number of benzene rings is 2. The average Bonchev–Trinajstić information content (AvgIpc) is 2.76. The molecular weight excluding hydrogens is 447 g/mol. The largest absolute Gasteiger partial charge is 0.506 e. The van der Waals surface area contributed by atoms with Crippen molar-refractivity contribution in [2.45, 2.75) is 20.4 Å². The van der Waals surface area contributed by atoms with E-state index in [1.54, 1.807) is 18.2 Å². The summed E-state index contributed by atoms with van der Waals surface area (Å²) in [6.45, 7) is 7.05. The molecule has 33 heavy (non-hydrogen) atoms. The molecule has 0 atom stereocenters. The Bertz CT molecular complexity index is 1250. The molecule has 4 rings (SSSR count). The summed E-state index contributed by atoms with van der Waals surface area (Å²) in [4.78, 5) is 27.4. The van der Waals surface area contributed by atoms with Gasteiger partial charge in [0.05, 0.1) is 16.6 Å². The molecule has 1 fully saturated rings. The molecule has 3 aromatic rings. The van der Waals surface area contributed by atoms with Crippen LogP contribution < -0.4 is 21.5 Å². The second-order valence-electron chi connectivity index (χ2n) is 8.50. The summed E-state index contributed by atoms with van der Waals surface area (Å²) in [7, 11) is 0. The van der Waals surface area contributed by atoms with E-state index in [1.165, 1.54) is 16.7 Å². The Kier molecular flexibility index (Phi) is 7.29. The molecular formula is C24H28ClFN4O3. The number of piperazine rings is 1. The number of aromatic nitrogens is 1. The van der Waals surface area contributed by atoms with E-state index in [9.17, 15) is 19.1 Å². The molecule has 0 saturated carbocycles. The van der Waals surface area contributed by atoms with Crippen molar-refractivity contribution in [2.24, 2.45) is 11.7 Å². The van der Waals surface area contributed by atoms with Crippen LogP contribution in [0.3, 0.4) is 0 Å². The molecule has 0 spiro atoms. The Morgan fingerprint density at radius 3 is 2.52 bits per heavy atom. The van der Waals surface area contributed by atoms with Crippen molar-refractivity contribution >= 4 is 34.9 Å². The van der Waals surface area contributed by atoms with Crippen LogP contribution in [0, 0.1) is 11.7 Å². The lowest BCUT2D eigenvalue weighted by Gasteiger charge is -2.33. The summed E-state index contributed by atoms with van der Waals surface area (Å²) in [6, 6.07) is 9.82. The number of nitrogens with two attached hydrogens (primary N) is 1. The molecule has 4 N–H and O–H groups in total. The quantitative estimate of drug-likeness (QED) is 0.527. The predicted octanol–water partition coefficient (Wildman–Crippen LogP) is 3.10. The van der Waals surface area contributed by atoms with Crippen LogP contribution in [-0.2, 0) is 6.54 Å². The Morgan fingerprint density at radius 2 is 1.91 bits per heavy atom. The predicted molar refractivity (Wildman–Crippen MR) is 131 cm³/mol. The van der Waals surface area contributed by atoms with Crippen molar-refractivity contribution in [1.29, 1.82) is 0 Å². The number of aromatic hydroxyl groups is 1. The van der Waals surface area contributed by atoms with Gasteiger partial charge in [0.15, 0.2) is 0 Å². The lowest BCUT2D eigenvalue weighted by molar-refractivity contribution is 0.0996. The van der Waals surface area contributed by atoms with E-state index in [2.05, 4.69) is 10.2 Å². The molecule has 1 aliphatic rings. The first-order chi connectivity index (χ1) is 15.3. The van der Waals surface area contributed by atoms with E-state index < -0.39 is 22.8 Å². The van der Waals surface area contributed by atoms with Crippen LogP contribution in [0.25, 0.3) is 22.0 Å². The molecule has 2 heterocycles. The third-order valence-electron chi connectivity index (χ3n) is 5.74. The van der Waals surface area contributed by atoms with Gasteiger partial charge in [-0.2, -0.15) is 0 Å². The average molecular weight is 475 g/mol. The van der Waals surface area contributed by atoms with Crippen LogP contribution in [0.5, 0.6) is 5.75 Å². The van der Waals surface area contributed by atoms with Crippen LogP contribution in [0.4, 0.5) is 10.1 Å². The number of halogens is 2. The first-order valence-electron chi connectivity index (χ1n) is 10.7. The highest BCUT2D eigenvalue weighted by atomic mass is 35.5. The highest BCUT2D eigenvalue weighted by Crippen LogP contribution is 2.42. The van der Waals surface area contributed by atoms with Crippen LogP contribution in [0.15, 0.2) is 41.2 Å². The van der Waals surface area contributed by atoms with Crippen LogP contribution in [-0.4, -0.2) is 41.8 Å². The zero-order chi connectivity index (χ0) is 23.0. The number of anilines is 1. The minimum atomic E-state index is -0.977. The number of primary amides is 1. The fourth-order valence-electron chi connectivity index (χ4n) is 4.38. The smallest absolute Gasteiger partial charge is 0.267 e. The maximum absolute atomic E-state index is 14.1. The normalized spacial score (nSPS) is 13.9. The summed E-state index contributed by atoms with van der Waals surface area (Å²) in [6.07, 6.45) is 0. The minimum Gasteiger partial charge on any atom is -0.506 e. The van der Waals surface area contributed by atoms with Gasteiger partial charge in [0.25, 0.3) is 11.5 Å². The van der Waals surface area contributed by atoms with Crippen molar-refractivity contribution < 1.29 is 14.3 Å². The van der Waals surface area contributed by atoms with Gasteiger partial charge in [-0.05, 0) is 29.7 Å². The monoisotopic (exact) mass is 474 g/mol. The molecule has 0 aliphatic carbocycles. The molecule has 1 saturated heterocycles. The number of hydrogen-bond acceptors (Lipinski definition) is 5. The highest BCUT2D eigenvalue weighted by molar-refractivity contribution is 6.09. The third-order valence-corrected chi connectivity index (χ3v) is 5.74. The van der Waals surface area contributed by atoms with E-state index in [1.807, 2.05) is 19.9 Å². The third kappa shape index (κ3) is 4.54. The minimum absolute atomic E-state index is 0. The number of nitrogens with zero attached hydrogens (tertiary/aromatic N) is 2. The molecule has 0 radical (unpaired) electrons. The second-order valence-corrected chi connectivity index (χ2v) is 8.50. The topological polar surface area (TPSA) is 101 Å². The maximum atomic E-state index is 14.1. The molecule has 1 aromatic heterocycles. The number of carbonyl (C=O) groups is 1. The number of hydrogen-bond donors (Lipinski definition) is 3. The van der Waals surface area contributed by atoms with Gasteiger partial charge in [-0.1, -0.05) is 32.0 Å². The van der Waals surface area contributed by atoms with E-state index in [0.717, 1.165) is 13.1 Å². The number of rotatable bonds is 5. The Balaban J connectivity index is 0.00000306. The van der Waals surface area contributed by atoms with Crippen LogP contribution in [0.2, 0.25) is 0 Å². The second kappa shape index (κ2) is 9.80. The van der Waals surface area contributed by atoms with Gasteiger partial charge in [-0.25, -0.2) is 4.39 Å². The molecule has 1 aliphatic heterocycles. The van der Waals surface area contributed by atoms with Gasteiger partial charge in [0, 0.05) is 38.3 Å². The molecule has 0 bridgehead atoms. The fraction of sp³-hybridized carbons (Fsp3) is 0.333. The number of nitrogens with one attached hydrogen (secondary N) is 1. The van der Waals surface area contributed by atoms with Crippen molar-refractivity contribution in [2.75, 3.05) is 31.1 Å². The summed E-state index contributed by atoms with van der Waals surface area (Å²) < 4.78 is 15.6. The molecule has 0 unspecified atom stereocenters. The standard InChI is InChI=1S/C24H27FN4O3.ClH/c1-14(2)13-29-18-7-6-17(15-4-3-5-16(25)12-15)21(28-10-8-27-9-11-28)19(18)22(30)20(23(26)31)24(29)32;/h3-7,12,14,27,30H,8-11,13H2,1-2H3,(H2,26,31);1H. The number of carbonyl (C=O) groups excluding carboxylic acids is 1. The summed E-state index contributed by atoms with van der Waals surface area (Å²) in [5.41, 5.74) is 7.00. The number of pyridine rings is 1. The SMILES string of the molecule is CC(C)Cn1c(=O)c(C(N)=O)c(O)c2c(N3CCNCC3)c(-c3cccc(F)c3)ccc21.Cl. The fourth-order valence-corrected chi connectivity index (χ4v) is 4.38. The van der Waals surface area contributed by atoms with Gasteiger partial charge < -0.3 is 25.6 Å². The lowest BCUT2D eigenvalue weighted by atomic mass is 9.96. The summed E-state index contributed by atoms with van der Waals surface area (Å²) in [5, 5.41) is 14.8. The van der Waals surface area contributed by atoms with E-state index in [4.69, 9.17) is 5.73 Å². The zero-order valence-electron chi connectivity index (χ0n) is 18.6. The van der Waals surface area contributed by atoms with Crippen LogP contribution >= 0.6 is 12.4 Å². The molecule has 176 valence electrons. The first kappa shape index (κ1) is 24.5. The van der Waals surface area contributed by atoms with Crippen LogP contribution in [0.1, 0.15) is 24.2 Å². The van der Waals surface area contributed by atoms with E-state index in [-0.39, 0.29) is 24.1 Å². The zero-order valence-corrected chi connectivity index (χ0v) is 19.4. The lowest BCUT2D eigenvalue weighted by Crippen LogP contribution is -2.44. The Hall–Kier alpha value is -3.10. The van der Waals surface area contributed by atoms with Gasteiger partial charge >= 0.3 is 0 Å². The molecule has 2 aromatic carbocycles. The van der Waals surface area contributed by atoms with Crippen molar-refractivity contribution in [3.05, 3.63) is 58.1 Å². The van der Waals surface area contributed by atoms with Gasteiger partial charge in [-0.3, -0.25) is 9.59 Å². The number of amides is 1. The molecule has 9 heteroatoms. The number of fused-ring (bicyclic) bond motifs is 1. The van der Waals surface area contributed by atoms with Crippen molar-refractivity contribution in [1.82, 2.24) is 9.88 Å². The van der Waals surface area contributed by atoms with Crippen molar-refractivity contribution in [3.8, 4) is 16.9 Å². The van der Waals surface area contributed by atoms with Gasteiger partial charge in [0.2, 0.25) is 0 Å². The summed E-state index contributed by atoms with van der Waals surface area (Å²) >= 11 is 0. The van der Waals surface area contributed by atoms with Crippen molar-refractivity contribution in [3.63, 3.8) is 0 Å². The summed E-state index contributed by atoms with van der Waals surface area (Å²) in [5.74, 6) is -1.66. The molecule has 1 amide bonds. The highest BCUT2D eigenvalue weighted by Gasteiger charge is 2.27. The first-order valence-corrected chi connectivity index (χ1v) is 10.7. The Labute approximate surface area is 197 Å². The van der Waals surface area contributed by atoms with Gasteiger partial charge in [-0.15, -0.1) is 12.4 Å². The van der Waals surface area contributed by atoms with Gasteiger partial charge in [0.1, 0.15) is 17.1 Å².